The van der Waals surface area contributed by atoms with E-state index in [1.807, 2.05) is 18.2 Å². The molecule has 0 saturated heterocycles. The van der Waals surface area contributed by atoms with E-state index >= 15 is 0 Å². The highest BCUT2D eigenvalue weighted by atomic mass is 16.5. The van der Waals surface area contributed by atoms with Crippen molar-refractivity contribution >= 4 is 16.9 Å². The van der Waals surface area contributed by atoms with E-state index in [0.29, 0.717) is 26.1 Å². The Morgan fingerprint density at radius 2 is 1.88 bits per heavy atom. The first kappa shape index (κ1) is 18.0. The fraction of sp³-hybridized carbons (Fsp3) is 0.333. The van der Waals surface area contributed by atoms with Crippen molar-refractivity contribution in [1.82, 2.24) is 14.9 Å². The first-order chi connectivity index (χ1) is 12.5. The molecule has 1 amide bonds. The van der Waals surface area contributed by atoms with Gasteiger partial charge in [-0.25, -0.2) is 4.98 Å². The number of ether oxygens (including phenoxy) is 1. The van der Waals surface area contributed by atoms with Crippen LogP contribution in [0.2, 0.25) is 0 Å². The van der Waals surface area contributed by atoms with E-state index in [9.17, 15) is 4.79 Å². The number of carbonyl (C=O) groups is 1. The summed E-state index contributed by atoms with van der Waals surface area (Å²) in [5, 5.41) is 2.84. The molecular formula is C21H25N3O2. The molecule has 0 atom stereocenters. The molecule has 0 saturated carbocycles. The summed E-state index contributed by atoms with van der Waals surface area (Å²) in [6, 6.07) is 14.3. The zero-order chi connectivity index (χ0) is 18.5. The summed E-state index contributed by atoms with van der Waals surface area (Å²) in [7, 11) is 0. The molecule has 0 radical (unpaired) electrons. The van der Waals surface area contributed by atoms with Crippen LogP contribution in [0.5, 0.6) is 5.75 Å². The second kappa shape index (κ2) is 8.04. The average Bonchev–Trinajstić information content (AvgIpc) is 2.91. The summed E-state index contributed by atoms with van der Waals surface area (Å²) in [5.41, 5.74) is 4.46. The largest absolute Gasteiger partial charge is 0.492 e. The Kier molecular flexibility index (Phi) is 5.56. The number of imidazole rings is 1. The maximum absolute atomic E-state index is 11.1. The first-order valence-electron chi connectivity index (χ1n) is 8.92. The van der Waals surface area contributed by atoms with Gasteiger partial charge in [0.25, 0.3) is 0 Å². The molecule has 26 heavy (non-hydrogen) atoms. The number of hydrogen-bond donors (Lipinski definition) is 1. The molecule has 0 aliphatic rings. The third-order valence-electron chi connectivity index (χ3n) is 4.23. The number of para-hydroxylation sites is 2. The minimum absolute atomic E-state index is 0.0224. The highest BCUT2D eigenvalue weighted by Crippen LogP contribution is 2.18. The maximum Gasteiger partial charge on any atom is 0.216 e. The van der Waals surface area contributed by atoms with Crippen LogP contribution in [0.3, 0.4) is 0 Å². The van der Waals surface area contributed by atoms with E-state index in [0.717, 1.165) is 22.6 Å². The van der Waals surface area contributed by atoms with Crippen LogP contribution in [0.4, 0.5) is 0 Å². The van der Waals surface area contributed by atoms with Crippen molar-refractivity contribution in [3.63, 3.8) is 0 Å². The molecule has 0 unspecified atom stereocenters. The van der Waals surface area contributed by atoms with E-state index in [4.69, 9.17) is 9.72 Å². The SMILES string of the molecule is CC(=O)NCCc1nc2ccccc2n1CCOc1cc(C)cc(C)c1. The third-order valence-corrected chi connectivity index (χ3v) is 4.23. The number of benzene rings is 2. The van der Waals surface area contributed by atoms with E-state index in [2.05, 4.69) is 48.0 Å². The topological polar surface area (TPSA) is 56.2 Å². The molecule has 0 bridgehead atoms. The summed E-state index contributed by atoms with van der Waals surface area (Å²) in [5.74, 6) is 1.83. The van der Waals surface area contributed by atoms with Gasteiger partial charge in [0.2, 0.25) is 5.91 Å². The summed E-state index contributed by atoms with van der Waals surface area (Å²) in [6.45, 7) is 7.53. The normalized spacial score (nSPS) is 10.9. The molecule has 2 aromatic carbocycles. The lowest BCUT2D eigenvalue weighted by Crippen LogP contribution is -2.24. The standard InChI is InChI=1S/C21H25N3O2/c1-15-12-16(2)14-18(13-15)26-11-10-24-20-7-5-4-6-19(20)23-21(24)8-9-22-17(3)25/h4-7,12-14H,8-11H2,1-3H3,(H,22,25). The molecule has 0 fully saturated rings. The van der Waals surface area contributed by atoms with Gasteiger partial charge in [-0.2, -0.15) is 0 Å². The van der Waals surface area contributed by atoms with Gasteiger partial charge >= 0.3 is 0 Å². The molecule has 1 N–H and O–H groups in total. The van der Waals surface area contributed by atoms with Gasteiger partial charge in [0, 0.05) is 19.9 Å². The van der Waals surface area contributed by atoms with Crippen molar-refractivity contribution in [2.45, 2.75) is 33.7 Å². The van der Waals surface area contributed by atoms with Crippen LogP contribution in [0.1, 0.15) is 23.9 Å². The van der Waals surface area contributed by atoms with Crippen LogP contribution in [-0.2, 0) is 17.8 Å². The van der Waals surface area contributed by atoms with E-state index in [-0.39, 0.29) is 5.91 Å². The van der Waals surface area contributed by atoms with Crippen molar-refractivity contribution in [3.8, 4) is 5.75 Å². The Labute approximate surface area is 154 Å². The number of carbonyl (C=O) groups excluding carboxylic acids is 1. The maximum atomic E-state index is 11.1. The van der Waals surface area contributed by atoms with Crippen LogP contribution < -0.4 is 10.1 Å². The summed E-state index contributed by atoms with van der Waals surface area (Å²) in [4.78, 5) is 15.8. The Hall–Kier alpha value is -2.82. The van der Waals surface area contributed by atoms with Gasteiger partial charge in [0.15, 0.2) is 0 Å². The summed E-state index contributed by atoms with van der Waals surface area (Å²) in [6.07, 6.45) is 0.692. The van der Waals surface area contributed by atoms with Crippen molar-refractivity contribution < 1.29 is 9.53 Å². The van der Waals surface area contributed by atoms with Gasteiger partial charge < -0.3 is 14.6 Å². The summed E-state index contributed by atoms with van der Waals surface area (Å²) < 4.78 is 8.15. The van der Waals surface area contributed by atoms with E-state index in [1.165, 1.54) is 18.1 Å². The Balaban J connectivity index is 1.73. The first-order valence-corrected chi connectivity index (χ1v) is 8.92. The lowest BCUT2D eigenvalue weighted by molar-refractivity contribution is -0.118. The number of nitrogens with one attached hydrogen (secondary N) is 1. The molecule has 3 aromatic rings. The number of rotatable bonds is 7. The van der Waals surface area contributed by atoms with Crippen LogP contribution in [0.25, 0.3) is 11.0 Å². The Morgan fingerprint density at radius 1 is 1.15 bits per heavy atom. The smallest absolute Gasteiger partial charge is 0.216 e. The van der Waals surface area contributed by atoms with Crippen LogP contribution in [-0.4, -0.2) is 28.6 Å². The second-order valence-electron chi connectivity index (χ2n) is 6.57. The number of aromatic nitrogens is 2. The highest BCUT2D eigenvalue weighted by Gasteiger charge is 2.10. The predicted molar refractivity (Wildman–Crippen MR) is 104 cm³/mol. The van der Waals surface area contributed by atoms with E-state index in [1.54, 1.807) is 0 Å². The molecule has 1 aromatic heterocycles. The second-order valence-corrected chi connectivity index (χ2v) is 6.57. The third kappa shape index (κ3) is 4.42. The number of hydrogen-bond acceptors (Lipinski definition) is 3. The lowest BCUT2D eigenvalue weighted by Gasteiger charge is -2.12. The Bertz CT molecular complexity index is 895. The van der Waals surface area contributed by atoms with Gasteiger partial charge in [-0.3, -0.25) is 4.79 Å². The van der Waals surface area contributed by atoms with Crippen molar-refractivity contribution in [2.24, 2.45) is 0 Å². The fourth-order valence-electron chi connectivity index (χ4n) is 3.19. The zero-order valence-electron chi connectivity index (χ0n) is 15.6. The van der Waals surface area contributed by atoms with Gasteiger partial charge in [0.05, 0.1) is 17.6 Å². The molecule has 3 rings (SSSR count). The summed E-state index contributed by atoms with van der Waals surface area (Å²) >= 11 is 0. The van der Waals surface area contributed by atoms with Gasteiger partial charge in [-0.15, -0.1) is 0 Å². The van der Waals surface area contributed by atoms with Crippen molar-refractivity contribution in [2.75, 3.05) is 13.2 Å². The number of aryl methyl sites for hydroxylation is 2. The molecule has 136 valence electrons. The predicted octanol–water partition coefficient (Wildman–Crippen LogP) is 3.41. The average molecular weight is 351 g/mol. The zero-order valence-corrected chi connectivity index (χ0v) is 15.6. The number of nitrogens with zero attached hydrogens (tertiary/aromatic N) is 2. The molecule has 5 heteroatoms. The van der Waals surface area contributed by atoms with Crippen LogP contribution in [0, 0.1) is 13.8 Å². The molecule has 0 aliphatic carbocycles. The van der Waals surface area contributed by atoms with Gasteiger partial charge in [-0.1, -0.05) is 18.2 Å². The molecule has 0 aliphatic heterocycles. The number of amides is 1. The monoisotopic (exact) mass is 351 g/mol. The van der Waals surface area contributed by atoms with Gasteiger partial charge in [-0.05, 0) is 49.2 Å². The quantitative estimate of drug-likeness (QED) is 0.710. The molecular weight excluding hydrogens is 326 g/mol. The van der Waals surface area contributed by atoms with Crippen LogP contribution in [0.15, 0.2) is 42.5 Å². The highest BCUT2D eigenvalue weighted by molar-refractivity contribution is 5.76. The van der Waals surface area contributed by atoms with Crippen molar-refractivity contribution in [3.05, 3.63) is 59.4 Å². The minimum Gasteiger partial charge on any atom is -0.492 e. The van der Waals surface area contributed by atoms with Crippen molar-refractivity contribution in [1.29, 1.82) is 0 Å². The van der Waals surface area contributed by atoms with Gasteiger partial charge in [0.1, 0.15) is 18.2 Å². The van der Waals surface area contributed by atoms with E-state index < -0.39 is 0 Å². The molecule has 1 heterocycles. The molecule has 5 nitrogen and oxygen atoms in total. The fourth-order valence-corrected chi connectivity index (χ4v) is 3.19. The number of fused-ring (bicyclic) bond motifs is 1. The molecule has 0 spiro atoms. The minimum atomic E-state index is -0.0224. The van der Waals surface area contributed by atoms with Crippen LogP contribution >= 0.6 is 0 Å². The Morgan fingerprint density at radius 3 is 2.62 bits per heavy atom. The lowest BCUT2D eigenvalue weighted by atomic mass is 10.1.